The van der Waals surface area contributed by atoms with Crippen molar-refractivity contribution in [3.63, 3.8) is 0 Å². The van der Waals surface area contributed by atoms with Crippen molar-refractivity contribution in [3.8, 4) is 5.75 Å². The lowest BCUT2D eigenvalue weighted by molar-refractivity contribution is 0.0690. The SMILES string of the molecule is CC1(Oc2cc(C(=O)O)ccc2F)CCCC1. The van der Waals surface area contributed by atoms with Gasteiger partial charge in [0, 0.05) is 0 Å². The van der Waals surface area contributed by atoms with Crippen LogP contribution in [0.3, 0.4) is 0 Å². The molecule has 0 unspecified atom stereocenters. The highest BCUT2D eigenvalue weighted by molar-refractivity contribution is 5.88. The summed E-state index contributed by atoms with van der Waals surface area (Å²) < 4.78 is 19.2. The molecule has 0 aromatic heterocycles. The van der Waals surface area contributed by atoms with Crippen molar-refractivity contribution in [3.05, 3.63) is 29.6 Å². The second kappa shape index (κ2) is 4.35. The molecule has 0 spiro atoms. The summed E-state index contributed by atoms with van der Waals surface area (Å²) in [4.78, 5) is 10.8. The van der Waals surface area contributed by atoms with E-state index in [9.17, 15) is 9.18 Å². The number of carboxylic acids is 1. The van der Waals surface area contributed by atoms with Crippen LogP contribution in [0.2, 0.25) is 0 Å². The van der Waals surface area contributed by atoms with Gasteiger partial charge in [0.25, 0.3) is 0 Å². The van der Waals surface area contributed by atoms with E-state index in [1.54, 1.807) is 0 Å². The van der Waals surface area contributed by atoms with Crippen molar-refractivity contribution in [1.82, 2.24) is 0 Å². The fourth-order valence-corrected chi connectivity index (χ4v) is 2.21. The van der Waals surface area contributed by atoms with Crippen LogP contribution in [0.5, 0.6) is 5.75 Å². The Labute approximate surface area is 99.2 Å². The lowest BCUT2D eigenvalue weighted by atomic mass is 10.1. The summed E-state index contributed by atoms with van der Waals surface area (Å²) in [5.41, 5.74) is -0.319. The minimum Gasteiger partial charge on any atom is -0.484 e. The van der Waals surface area contributed by atoms with Gasteiger partial charge in [0.1, 0.15) is 5.60 Å². The molecule has 4 heteroatoms. The van der Waals surface area contributed by atoms with Crippen molar-refractivity contribution < 1.29 is 19.0 Å². The predicted octanol–water partition coefficient (Wildman–Crippen LogP) is 3.24. The molecule has 1 aromatic rings. The monoisotopic (exact) mass is 238 g/mol. The molecule has 0 bridgehead atoms. The molecule has 1 saturated carbocycles. The number of hydrogen-bond acceptors (Lipinski definition) is 2. The van der Waals surface area contributed by atoms with Crippen LogP contribution in [0.15, 0.2) is 18.2 Å². The smallest absolute Gasteiger partial charge is 0.335 e. The van der Waals surface area contributed by atoms with Gasteiger partial charge in [-0.15, -0.1) is 0 Å². The first-order chi connectivity index (χ1) is 8.00. The van der Waals surface area contributed by atoms with Gasteiger partial charge in [0.15, 0.2) is 11.6 Å². The summed E-state index contributed by atoms with van der Waals surface area (Å²) in [6.45, 7) is 1.94. The molecule has 0 saturated heterocycles. The highest BCUT2D eigenvalue weighted by Crippen LogP contribution is 2.35. The predicted molar refractivity (Wildman–Crippen MR) is 60.9 cm³/mol. The number of aromatic carboxylic acids is 1. The van der Waals surface area contributed by atoms with Gasteiger partial charge in [-0.1, -0.05) is 0 Å². The molecular formula is C13H15FO3. The number of carboxylic acid groups (broad SMARTS) is 1. The van der Waals surface area contributed by atoms with E-state index < -0.39 is 11.8 Å². The molecule has 17 heavy (non-hydrogen) atoms. The van der Waals surface area contributed by atoms with Crippen LogP contribution < -0.4 is 4.74 Å². The minimum absolute atomic E-state index is 0.0364. The molecule has 1 fully saturated rings. The van der Waals surface area contributed by atoms with Crippen molar-refractivity contribution in [1.29, 1.82) is 0 Å². The largest absolute Gasteiger partial charge is 0.484 e. The molecule has 1 N–H and O–H groups in total. The van der Waals surface area contributed by atoms with E-state index in [1.807, 2.05) is 6.92 Å². The van der Waals surface area contributed by atoms with E-state index in [2.05, 4.69) is 0 Å². The van der Waals surface area contributed by atoms with E-state index in [1.165, 1.54) is 12.1 Å². The Morgan fingerprint density at radius 1 is 1.41 bits per heavy atom. The lowest BCUT2D eigenvalue weighted by Gasteiger charge is -2.25. The first-order valence-electron chi connectivity index (χ1n) is 5.72. The Bertz CT molecular complexity index is 436. The third-order valence-electron chi connectivity index (χ3n) is 3.20. The quantitative estimate of drug-likeness (QED) is 0.879. The van der Waals surface area contributed by atoms with Gasteiger partial charge < -0.3 is 9.84 Å². The number of halogens is 1. The van der Waals surface area contributed by atoms with Gasteiger partial charge in [0.05, 0.1) is 5.56 Å². The highest BCUT2D eigenvalue weighted by Gasteiger charge is 2.31. The summed E-state index contributed by atoms with van der Waals surface area (Å²) in [5, 5.41) is 8.85. The Kier molecular flexibility index (Phi) is 3.05. The van der Waals surface area contributed by atoms with Crippen LogP contribution >= 0.6 is 0 Å². The van der Waals surface area contributed by atoms with Gasteiger partial charge in [-0.2, -0.15) is 0 Å². The van der Waals surface area contributed by atoms with Crippen molar-refractivity contribution >= 4 is 5.97 Å². The second-order valence-electron chi connectivity index (χ2n) is 4.71. The molecule has 0 heterocycles. The fraction of sp³-hybridized carbons (Fsp3) is 0.462. The minimum atomic E-state index is -1.08. The molecule has 0 aliphatic heterocycles. The van der Waals surface area contributed by atoms with Crippen LogP contribution in [0, 0.1) is 5.82 Å². The number of benzene rings is 1. The maximum atomic E-state index is 13.5. The summed E-state index contributed by atoms with van der Waals surface area (Å²) in [6, 6.07) is 3.62. The lowest BCUT2D eigenvalue weighted by Crippen LogP contribution is -2.28. The first kappa shape index (κ1) is 11.9. The normalized spacial score (nSPS) is 18.0. The second-order valence-corrected chi connectivity index (χ2v) is 4.71. The van der Waals surface area contributed by atoms with Gasteiger partial charge in [-0.05, 0) is 50.8 Å². The molecule has 1 aromatic carbocycles. The van der Waals surface area contributed by atoms with Crippen LogP contribution in [0.25, 0.3) is 0 Å². The molecule has 0 atom stereocenters. The Hall–Kier alpha value is -1.58. The van der Waals surface area contributed by atoms with Crippen molar-refractivity contribution in [2.75, 3.05) is 0 Å². The standard InChI is InChI=1S/C13H15FO3/c1-13(6-2-3-7-13)17-11-8-9(12(15)16)4-5-10(11)14/h4-5,8H,2-3,6-7H2,1H3,(H,15,16). The average molecular weight is 238 g/mol. The Balaban J connectivity index is 2.25. The Morgan fingerprint density at radius 2 is 2.06 bits per heavy atom. The van der Waals surface area contributed by atoms with Gasteiger partial charge in [-0.3, -0.25) is 0 Å². The van der Waals surface area contributed by atoms with Crippen LogP contribution in [0.1, 0.15) is 43.0 Å². The first-order valence-corrected chi connectivity index (χ1v) is 5.72. The van der Waals surface area contributed by atoms with Crippen LogP contribution in [-0.2, 0) is 0 Å². The molecule has 0 amide bonds. The van der Waals surface area contributed by atoms with E-state index in [0.717, 1.165) is 31.7 Å². The zero-order valence-corrected chi connectivity index (χ0v) is 9.70. The zero-order valence-electron chi connectivity index (χ0n) is 9.70. The topological polar surface area (TPSA) is 46.5 Å². The number of rotatable bonds is 3. The van der Waals surface area contributed by atoms with E-state index in [0.29, 0.717) is 0 Å². The van der Waals surface area contributed by atoms with Gasteiger partial charge >= 0.3 is 5.97 Å². The molecule has 1 aliphatic carbocycles. The average Bonchev–Trinajstić information content (AvgIpc) is 2.68. The maximum Gasteiger partial charge on any atom is 0.335 e. The molecule has 92 valence electrons. The van der Waals surface area contributed by atoms with E-state index in [-0.39, 0.29) is 16.9 Å². The van der Waals surface area contributed by atoms with Crippen molar-refractivity contribution in [2.24, 2.45) is 0 Å². The molecular weight excluding hydrogens is 223 g/mol. The maximum absolute atomic E-state index is 13.5. The fourth-order valence-electron chi connectivity index (χ4n) is 2.21. The summed E-state index contributed by atoms with van der Waals surface area (Å²) in [7, 11) is 0. The molecule has 0 radical (unpaired) electrons. The molecule has 2 rings (SSSR count). The van der Waals surface area contributed by atoms with E-state index >= 15 is 0 Å². The number of carbonyl (C=O) groups is 1. The number of ether oxygens (including phenoxy) is 1. The number of hydrogen-bond donors (Lipinski definition) is 1. The van der Waals surface area contributed by atoms with Gasteiger partial charge in [0.2, 0.25) is 0 Å². The highest BCUT2D eigenvalue weighted by atomic mass is 19.1. The Morgan fingerprint density at radius 3 is 2.65 bits per heavy atom. The van der Waals surface area contributed by atoms with Gasteiger partial charge in [-0.25, -0.2) is 9.18 Å². The van der Waals surface area contributed by atoms with Crippen LogP contribution in [-0.4, -0.2) is 16.7 Å². The third kappa shape index (κ3) is 2.57. The third-order valence-corrected chi connectivity index (χ3v) is 3.20. The molecule has 1 aliphatic rings. The van der Waals surface area contributed by atoms with Crippen LogP contribution in [0.4, 0.5) is 4.39 Å². The summed E-state index contributed by atoms with van der Waals surface area (Å²) in [6.07, 6.45) is 3.89. The molecule has 3 nitrogen and oxygen atoms in total. The summed E-state index contributed by atoms with van der Waals surface area (Å²) in [5.74, 6) is -1.55. The zero-order chi connectivity index (χ0) is 12.5. The van der Waals surface area contributed by atoms with E-state index in [4.69, 9.17) is 9.84 Å². The summed E-state index contributed by atoms with van der Waals surface area (Å²) >= 11 is 0. The van der Waals surface area contributed by atoms with Crippen molar-refractivity contribution in [2.45, 2.75) is 38.2 Å².